The number of rotatable bonds is 5. The Bertz CT molecular complexity index is 3050. The van der Waals surface area contributed by atoms with Gasteiger partial charge in [0.05, 0.1) is 27.8 Å². The normalized spacial score (nSPS) is 12.0. The van der Waals surface area contributed by atoms with Crippen molar-refractivity contribution >= 4 is 71.2 Å². The molecule has 51 heavy (non-hydrogen) atoms. The summed E-state index contributed by atoms with van der Waals surface area (Å²) in [5, 5.41) is 9.31. The molecule has 0 unspecified atom stereocenters. The van der Waals surface area contributed by atoms with Crippen LogP contribution in [0.3, 0.4) is 0 Å². The molecule has 0 saturated carbocycles. The summed E-state index contributed by atoms with van der Waals surface area (Å²) >= 11 is 0. The van der Waals surface area contributed by atoms with Crippen molar-refractivity contribution in [3.63, 3.8) is 0 Å². The molecule has 0 spiro atoms. The Labute approximate surface area is 294 Å². The number of nitrogens with zero attached hydrogens (tertiary/aromatic N) is 4. The maximum Gasteiger partial charge on any atom is 0.235 e. The van der Waals surface area contributed by atoms with Crippen LogP contribution in [0.2, 0.25) is 0 Å². The third-order valence-electron chi connectivity index (χ3n) is 10.2. The molecule has 10 aromatic rings. The maximum absolute atomic E-state index is 5.59. The lowest BCUT2D eigenvalue weighted by molar-refractivity contribution is 1.01. The van der Waals surface area contributed by atoms with Crippen molar-refractivity contribution < 1.29 is 0 Å². The Morgan fingerprint density at radius 3 is 2.04 bits per heavy atom. The van der Waals surface area contributed by atoms with E-state index in [1.54, 1.807) is 0 Å². The maximum atomic E-state index is 5.59. The van der Waals surface area contributed by atoms with Gasteiger partial charge in [-0.2, -0.15) is 0 Å². The van der Waals surface area contributed by atoms with Gasteiger partial charge in [-0.25, -0.2) is 9.97 Å². The van der Waals surface area contributed by atoms with E-state index in [0.717, 1.165) is 55.5 Å². The van der Waals surface area contributed by atoms with Gasteiger partial charge in [-0.3, -0.25) is 4.57 Å². The van der Waals surface area contributed by atoms with Crippen molar-refractivity contribution in [3.05, 3.63) is 176 Å². The van der Waals surface area contributed by atoms with E-state index in [2.05, 4.69) is 174 Å². The zero-order valence-electron chi connectivity index (χ0n) is 28.1. The van der Waals surface area contributed by atoms with Crippen LogP contribution in [0.15, 0.2) is 164 Å². The molecular weight excluding hydrogens is 621 g/mol. The highest BCUT2D eigenvalue weighted by molar-refractivity contribution is 6.19. The lowest BCUT2D eigenvalue weighted by Crippen LogP contribution is -2.04. The van der Waals surface area contributed by atoms with Gasteiger partial charge in [-0.1, -0.05) is 128 Å². The summed E-state index contributed by atoms with van der Waals surface area (Å²) in [5.74, 6) is 0.646. The van der Waals surface area contributed by atoms with Gasteiger partial charge >= 0.3 is 0 Å². The fourth-order valence-corrected chi connectivity index (χ4v) is 8.00. The van der Waals surface area contributed by atoms with Gasteiger partial charge in [-0.15, -0.1) is 0 Å². The first kappa shape index (κ1) is 29.2. The average Bonchev–Trinajstić information content (AvgIpc) is 3.66. The smallest absolute Gasteiger partial charge is 0.235 e. The molecule has 0 bridgehead atoms. The third kappa shape index (κ3) is 4.40. The van der Waals surface area contributed by atoms with Crippen molar-refractivity contribution in [1.29, 1.82) is 0 Å². The molecule has 0 amide bonds. The highest BCUT2D eigenvalue weighted by Gasteiger charge is 2.24. The molecule has 0 fully saturated rings. The van der Waals surface area contributed by atoms with Gasteiger partial charge in [-0.05, 0) is 70.9 Å². The minimum absolute atomic E-state index is 0.646. The predicted octanol–water partition coefficient (Wildman–Crippen LogP) is 12.2. The second-order valence-electron chi connectivity index (χ2n) is 13.1. The lowest BCUT2D eigenvalue weighted by atomic mass is 9.96. The number of para-hydroxylation sites is 3. The van der Waals surface area contributed by atoms with Gasteiger partial charge in [0.25, 0.3) is 0 Å². The zero-order valence-corrected chi connectivity index (χ0v) is 28.1. The van der Waals surface area contributed by atoms with Crippen LogP contribution in [-0.4, -0.2) is 19.1 Å². The quantitative estimate of drug-likeness (QED) is 0.173. The van der Waals surface area contributed by atoms with Crippen molar-refractivity contribution in [3.8, 4) is 22.9 Å². The predicted molar refractivity (Wildman–Crippen MR) is 215 cm³/mol. The second kappa shape index (κ2) is 11.4. The summed E-state index contributed by atoms with van der Waals surface area (Å²) < 4.78 is 4.63. The van der Waals surface area contributed by atoms with E-state index < -0.39 is 0 Å². The van der Waals surface area contributed by atoms with Crippen LogP contribution in [0, 0.1) is 6.92 Å². The summed E-state index contributed by atoms with van der Waals surface area (Å²) in [6.45, 7) is 6.20. The number of fused-ring (bicyclic) bond motifs is 8. The second-order valence-corrected chi connectivity index (χ2v) is 13.1. The summed E-state index contributed by atoms with van der Waals surface area (Å²) in [5.41, 5.74) is 9.54. The molecule has 4 heteroatoms. The number of aromatic nitrogens is 4. The molecular formula is C47H32N4. The molecule has 0 atom stereocenters. The largest absolute Gasteiger partial charge is 0.313 e. The topological polar surface area (TPSA) is 35.6 Å². The minimum Gasteiger partial charge on any atom is -0.313 e. The van der Waals surface area contributed by atoms with E-state index in [4.69, 9.17) is 9.97 Å². The van der Waals surface area contributed by atoms with E-state index in [1.165, 1.54) is 37.9 Å². The first-order valence-electron chi connectivity index (χ1n) is 17.3. The molecule has 3 aromatic heterocycles. The molecule has 0 aliphatic heterocycles. The standard InChI is InChI=1S/C47H32N4/c1-3-4-21-35-30(2)50(34-19-6-5-7-20-34)46-40(28-33-18-10-11-22-36(33)44(35)46)45-38-24-12-14-25-41(38)48-47(49-45)51-42-26-15-13-23-37(42)39-27-31-16-8-9-17-32(31)29-43(39)51/h3-29H,1H2,2H3/b21-4-. The first-order chi connectivity index (χ1) is 25.2. The van der Waals surface area contributed by atoms with E-state index in [0.29, 0.717) is 5.95 Å². The van der Waals surface area contributed by atoms with Crippen LogP contribution in [0.5, 0.6) is 0 Å². The van der Waals surface area contributed by atoms with E-state index in [1.807, 2.05) is 12.2 Å². The Hall–Kier alpha value is -6.78. The fourth-order valence-electron chi connectivity index (χ4n) is 8.00. The van der Waals surface area contributed by atoms with Crippen molar-refractivity contribution in [2.75, 3.05) is 0 Å². The van der Waals surface area contributed by atoms with Crippen LogP contribution in [0.25, 0.3) is 94.1 Å². The first-order valence-corrected chi connectivity index (χ1v) is 17.3. The Morgan fingerprint density at radius 1 is 0.569 bits per heavy atom. The molecule has 0 radical (unpaired) electrons. The lowest BCUT2D eigenvalue weighted by Gasteiger charge is -2.16. The molecule has 4 nitrogen and oxygen atoms in total. The highest BCUT2D eigenvalue weighted by Crippen LogP contribution is 2.43. The molecule has 0 N–H and O–H groups in total. The zero-order chi connectivity index (χ0) is 34.1. The third-order valence-corrected chi connectivity index (χ3v) is 10.2. The average molecular weight is 653 g/mol. The van der Waals surface area contributed by atoms with E-state index >= 15 is 0 Å². The van der Waals surface area contributed by atoms with E-state index in [-0.39, 0.29) is 0 Å². The number of hydrogen-bond donors (Lipinski definition) is 0. The molecule has 3 heterocycles. The van der Waals surface area contributed by atoms with Crippen LogP contribution >= 0.6 is 0 Å². The Balaban J connectivity index is 1.38. The molecule has 0 saturated heterocycles. The summed E-state index contributed by atoms with van der Waals surface area (Å²) in [4.78, 5) is 10.9. The highest BCUT2D eigenvalue weighted by atomic mass is 15.2. The van der Waals surface area contributed by atoms with Crippen molar-refractivity contribution in [2.24, 2.45) is 0 Å². The molecule has 7 aromatic carbocycles. The van der Waals surface area contributed by atoms with Gasteiger partial charge in [0.1, 0.15) is 0 Å². The fraction of sp³-hybridized carbons (Fsp3) is 0.0213. The van der Waals surface area contributed by atoms with Crippen LogP contribution in [0.4, 0.5) is 0 Å². The molecule has 10 rings (SSSR count). The van der Waals surface area contributed by atoms with Crippen LogP contribution in [0.1, 0.15) is 11.3 Å². The number of hydrogen-bond acceptors (Lipinski definition) is 2. The number of benzene rings is 7. The summed E-state index contributed by atoms with van der Waals surface area (Å²) in [6, 6.07) is 51.7. The van der Waals surface area contributed by atoms with Crippen molar-refractivity contribution in [1.82, 2.24) is 19.1 Å². The van der Waals surface area contributed by atoms with Gasteiger partial charge in [0.15, 0.2) is 0 Å². The summed E-state index contributed by atoms with van der Waals surface area (Å²) in [7, 11) is 0. The number of allylic oxidation sites excluding steroid dienone is 2. The Morgan fingerprint density at radius 2 is 1.24 bits per heavy atom. The SMILES string of the molecule is C=C/C=C\c1c(C)n(-c2ccccc2)c2c(-c3nc(-n4c5ccccc5c5cc6ccccc6cc54)nc4ccccc34)cc3ccccc3c12. The van der Waals surface area contributed by atoms with Crippen LogP contribution < -0.4 is 0 Å². The van der Waals surface area contributed by atoms with Gasteiger partial charge in [0.2, 0.25) is 5.95 Å². The van der Waals surface area contributed by atoms with Crippen LogP contribution in [-0.2, 0) is 0 Å². The minimum atomic E-state index is 0.646. The van der Waals surface area contributed by atoms with Gasteiger partial charge < -0.3 is 4.57 Å². The molecule has 240 valence electrons. The van der Waals surface area contributed by atoms with Gasteiger partial charge in [0, 0.05) is 44.1 Å². The monoisotopic (exact) mass is 652 g/mol. The Kier molecular flexibility index (Phi) is 6.52. The van der Waals surface area contributed by atoms with Crippen molar-refractivity contribution in [2.45, 2.75) is 6.92 Å². The van der Waals surface area contributed by atoms with E-state index in [9.17, 15) is 0 Å². The molecule has 0 aliphatic carbocycles. The molecule has 0 aliphatic rings. The summed E-state index contributed by atoms with van der Waals surface area (Å²) in [6.07, 6.45) is 6.06.